The summed E-state index contributed by atoms with van der Waals surface area (Å²) in [5.41, 5.74) is 9.38. The van der Waals surface area contributed by atoms with Gasteiger partial charge in [-0.3, -0.25) is 0 Å². The molecule has 1 aliphatic heterocycles. The normalized spacial score (nSPS) is 14.6. The van der Waals surface area contributed by atoms with Gasteiger partial charge in [0.05, 0.1) is 5.52 Å². The number of carbonyl (C=O) groups excluding carboxylic acids is 1. The molecule has 0 radical (unpaired) electrons. The minimum absolute atomic E-state index is 0.153. The van der Waals surface area contributed by atoms with Crippen molar-refractivity contribution < 1.29 is 13.9 Å². The summed E-state index contributed by atoms with van der Waals surface area (Å²) in [7, 11) is 0. The lowest BCUT2D eigenvalue weighted by molar-refractivity contribution is 0.0270. The van der Waals surface area contributed by atoms with Crippen LogP contribution in [-0.2, 0) is 11.3 Å². The molecule has 0 saturated carbocycles. The molecule has 4 rings (SSSR count). The summed E-state index contributed by atoms with van der Waals surface area (Å²) in [6, 6.07) is 6.86. The Labute approximate surface area is 180 Å². The van der Waals surface area contributed by atoms with E-state index in [-0.39, 0.29) is 18.5 Å². The Morgan fingerprint density at radius 3 is 2.77 bits per heavy atom. The lowest BCUT2D eigenvalue weighted by Crippen LogP contribution is -2.39. The molecular weight excluding hydrogens is 397 g/mol. The molecule has 8 heteroatoms. The number of aromatic amines is 1. The topological polar surface area (TPSA) is 97.1 Å². The van der Waals surface area contributed by atoms with Crippen molar-refractivity contribution in [3.63, 3.8) is 0 Å². The molecular formula is C23H26FN5O2. The molecule has 0 unspecified atom stereocenters. The fourth-order valence-corrected chi connectivity index (χ4v) is 3.56. The van der Waals surface area contributed by atoms with Crippen LogP contribution in [0.4, 0.5) is 9.18 Å². The van der Waals surface area contributed by atoms with E-state index in [9.17, 15) is 9.18 Å². The first kappa shape index (κ1) is 21.0. The van der Waals surface area contributed by atoms with Gasteiger partial charge in [-0.1, -0.05) is 18.2 Å². The summed E-state index contributed by atoms with van der Waals surface area (Å²) in [5.74, 6) is 0.375. The number of nitrogens with zero attached hydrogens (tertiary/aromatic N) is 3. The van der Waals surface area contributed by atoms with E-state index in [0.717, 1.165) is 22.2 Å². The molecule has 0 saturated heterocycles. The third-order valence-corrected chi connectivity index (χ3v) is 5.14. The standard InChI is InChI=1S/C23H26FN5O2/c1-23(2,3)31-22(30)29-10-7-14(8-11-29)20-27-19-17(6-9-26-21(19)28-20)15-4-5-16(13-25)18(24)12-15/h4-7,9,12H,8,10-11,13,25H2,1-3H3,(H,26,27,28). The summed E-state index contributed by atoms with van der Waals surface area (Å²) in [4.78, 5) is 26.3. The number of halogens is 1. The Hall–Kier alpha value is -3.26. The van der Waals surface area contributed by atoms with Gasteiger partial charge in [-0.25, -0.2) is 19.2 Å². The van der Waals surface area contributed by atoms with Crippen LogP contribution in [0.5, 0.6) is 0 Å². The molecule has 0 fully saturated rings. The summed E-state index contributed by atoms with van der Waals surface area (Å²) in [5, 5.41) is 0. The molecule has 0 atom stereocenters. The van der Waals surface area contributed by atoms with Crippen molar-refractivity contribution in [1.29, 1.82) is 0 Å². The number of rotatable bonds is 3. The fourth-order valence-electron chi connectivity index (χ4n) is 3.56. The highest BCUT2D eigenvalue weighted by Gasteiger charge is 2.25. The maximum atomic E-state index is 14.3. The average molecular weight is 423 g/mol. The summed E-state index contributed by atoms with van der Waals surface area (Å²) >= 11 is 0. The van der Waals surface area contributed by atoms with Crippen LogP contribution in [0.25, 0.3) is 27.9 Å². The molecule has 31 heavy (non-hydrogen) atoms. The van der Waals surface area contributed by atoms with Gasteiger partial charge >= 0.3 is 6.09 Å². The fraction of sp³-hybridized carbons (Fsp3) is 0.348. The second-order valence-corrected chi connectivity index (χ2v) is 8.56. The number of pyridine rings is 1. The van der Waals surface area contributed by atoms with Crippen LogP contribution in [0, 0.1) is 5.82 Å². The minimum atomic E-state index is -0.524. The highest BCUT2D eigenvalue weighted by Crippen LogP contribution is 2.30. The third kappa shape index (κ3) is 4.44. The lowest BCUT2D eigenvalue weighted by atomic mass is 10.0. The highest BCUT2D eigenvalue weighted by molar-refractivity contribution is 5.91. The monoisotopic (exact) mass is 423 g/mol. The Balaban J connectivity index is 1.60. The number of hydrogen-bond acceptors (Lipinski definition) is 5. The van der Waals surface area contributed by atoms with Crippen LogP contribution < -0.4 is 5.73 Å². The van der Waals surface area contributed by atoms with Gasteiger partial charge in [0.15, 0.2) is 5.65 Å². The quantitative estimate of drug-likeness (QED) is 0.657. The van der Waals surface area contributed by atoms with Gasteiger partial charge in [-0.2, -0.15) is 0 Å². The van der Waals surface area contributed by atoms with E-state index in [1.54, 1.807) is 17.2 Å². The first-order chi connectivity index (χ1) is 14.7. The van der Waals surface area contributed by atoms with Crippen molar-refractivity contribution in [2.45, 2.75) is 39.3 Å². The number of hydrogen-bond donors (Lipinski definition) is 2. The molecule has 0 bridgehead atoms. The van der Waals surface area contributed by atoms with Gasteiger partial charge in [-0.15, -0.1) is 0 Å². The number of carbonyl (C=O) groups is 1. The first-order valence-corrected chi connectivity index (χ1v) is 10.3. The summed E-state index contributed by atoms with van der Waals surface area (Å²) in [6.07, 6.45) is 3.96. The molecule has 3 heterocycles. The van der Waals surface area contributed by atoms with E-state index in [1.165, 1.54) is 6.07 Å². The maximum absolute atomic E-state index is 14.3. The number of nitrogens with two attached hydrogens (primary N) is 1. The van der Waals surface area contributed by atoms with Crippen LogP contribution in [-0.4, -0.2) is 44.6 Å². The van der Waals surface area contributed by atoms with Crippen molar-refractivity contribution in [2.75, 3.05) is 13.1 Å². The summed E-state index contributed by atoms with van der Waals surface area (Å²) in [6.45, 7) is 6.71. The van der Waals surface area contributed by atoms with E-state index in [2.05, 4.69) is 15.0 Å². The zero-order chi connectivity index (χ0) is 22.2. The van der Waals surface area contributed by atoms with Crippen LogP contribution in [0.15, 0.2) is 36.5 Å². The maximum Gasteiger partial charge on any atom is 0.410 e. The van der Waals surface area contributed by atoms with E-state index in [4.69, 9.17) is 10.5 Å². The predicted octanol–water partition coefficient (Wildman–Crippen LogP) is 4.25. The molecule has 3 N–H and O–H groups in total. The molecule has 1 aliphatic rings. The van der Waals surface area contributed by atoms with Gasteiger partial charge in [-0.05, 0) is 50.5 Å². The van der Waals surface area contributed by atoms with Crippen LogP contribution in [0.3, 0.4) is 0 Å². The average Bonchev–Trinajstić information content (AvgIpc) is 3.17. The van der Waals surface area contributed by atoms with E-state index in [0.29, 0.717) is 36.5 Å². The summed E-state index contributed by atoms with van der Waals surface area (Å²) < 4.78 is 19.7. The molecule has 7 nitrogen and oxygen atoms in total. The number of imidazole rings is 1. The van der Waals surface area contributed by atoms with Gasteiger partial charge in [0, 0.05) is 37.0 Å². The molecule has 0 aliphatic carbocycles. The molecule has 0 spiro atoms. The van der Waals surface area contributed by atoms with Crippen molar-refractivity contribution in [1.82, 2.24) is 19.9 Å². The molecule has 1 aromatic carbocycles. The number of benzene rings is 1. The van der Waals surface area contributed by atoms with E-state index >= 15 is 0 Å². The zero-order valence-corrected chi connectivity index (χ0v) is 17.9. The van der Waals surface area contributed by atoms with Gasteiger partial charge in [0.2, 0.25) is 0 Å². The van der Waals surface area contributed by atoms with Gasteiger partial charge < -0.3 is 20.4 Å². The number of nitrogens with one attached hydrogen (secondary N) is 1. The minimum Gasteiger partial charge on any atom is -0.444 e. The second-order valence-electron chi connectivity index (χ2n) is 8.56. The Morgan fingerprint density at radius 2 is 2.13 bits per heavy atom. The Morgan fingerprint density at radius 1 is 1.32 bits per heavy atom. The van der Waals surface area contributed by atoms with E-state index < -0.39 is 5.60 Å². The number of H-pyrrole nitrogens is 1. The molecule has 3 aromatic rings. The number of ether oxygens (including phenoxy) is 1. The molecule has 2 aromatic heterocycles. The predicted molar refractivity (Wildman–Crippen MR) is 118 cm³/mol. The second kappa shape index (κ2) is 8.11. The highest BCUT2D eigenvalue weighted by atomic mass is 19.1. The van der Waals surface area contributed by atoms with Crippen LogP contribution in [0.2, 0.25) is 0 Å². The lowest BCUT2D eigenvalue weighted by Gasteiger charge is -2.29. The number of amides is 1. The van der Waals surface area contributed by atoms with Gasteiger partial charge in [0.25, 0.3) is 0 Å². The SMILES string of the molecule is CC(C)(C)OC(=O)N1CC=C(c2nc3nccc(-c4ccc(CN)c(F)c4)c3[nH]2)CC1. The smallest absolute Gasteiger partial charge is 0.410 e. The number of fused-ring (bicyclic) bond motifs is 1. The van der Waals surface area contributed by atoms with E-state index in [1.807, 2.05) is 39.0 Å². The van der Waals surface area contributed by atoms with Crippen molar-refractivity contribution in [3.05, 3.63) is 53.7 Å². The van der Waals surface area contributed by atoms with Crippen molar-refractivity contribution in [3.8, 4) is 11.1 Å². The Bertz CT molecular complexity index is 1160. The van der Waals surface area contributed by atoms with Crippen LogP contribution in [0.1, 0.15) is 38.6 Å². The zero-order valence-electron chi connectivity index (χ0n) is 17.9. The number of aromatic nitrogens is 3. The molecule has 1 amide bonds. The van der Waals surface area contributed by atoms with Crippen molar-refractivity contribution in [2.24, 2.45) is 5.73 Å². The van der Waals surface area contributed by atoms with Crippen molar-refractivity contribution >= 4 is 22.8 Å². The third-order valence-electron chi connectivity index (χ3n) is 5.14. The Kier molecular flexibility index (Phi) is 5.49. The first-order valence-electron chi connectivity index (χ1n) is 10.3. The van der Waals surface area contributed by atoms with Crippen LogP contribution >= 0.6 is 0 Å². The largest absolute Gasteiger partial charge is 0.444 e. The van der Waals surface area contributed by atoms with Gasteiger partial charge in [0.1, 0.15) is 17.2 Å². The molecule has 162 valence electrons.